The first-order valence-corrected chi connectivity index (χ1v) is 14.7. The van der Waals surface area contributed by atoms with E-state index < -0.39 is 18.6 Å². The number of hydrogen-bond acceptors (Lipinski definition) is 8. The van der Waals surface area contributed by atoms with Gasteiger partial charge in [-0.05, 0) is 67.4 Å². The van der Waals surface area contributed by atoms with E-state index >= 15 is 0 Å². The minimum Gasteiger partial charge on any atom is -0.462 e. The second-order valence-electron chi connectivity index (χ2n) is 11.5. The van der Waals surface area contributed by atoms with E-state index in [1.807, 2.05) is 26.0 Å². The molecule has 2 aromatic heterocycles. The third-order valence-corrected chi connectivity index (χ3v) is 7.77. The first-order valence-electron chi connectivity index (χ1n) is 14.7. The number of ether oxygens (including phenoxy) is 2. The number of halogens is 1. The average Bonchev–Trinajstić information content (AvgIpc) is 3.64. The van der Waals surface area contributed by atoms with Crippen LogP contribution in [0.25, 0.3) is 33.7 Å². The molecule has 11 heteroatoms. The summed E-state index contributed by atoms with van der Waals surface area (Å²) in [7, 11) is 0. The highest BCUT2D eigenvalue weighted by atomic mass is 19.1. The molecule has 1 saturated heterocycles. The van der Waals surface area contributed by atoms with Gasteiger partial charge >= 0.3 is 6.09 Å². The normalized spacial score (nSPS) is 16.0. The van der Waals surface area contributed by atoms with E-state index in [4.69, 9.17) is 13.9 Å². The van der Waals surface area contributed by atoms with E-state index in [0.717, 1.165) is 5.56 Å². The lowest BCUT2D eigenvalue weighted by atomic mass is 10.00. The van der Waals surface area contributed by atoms with Crippen LogP contribution in [0.2, 0.25) is 0 Å². The van der Waals surface area contributed by atoms with Crippen molar-refractivity contribution in [3.05, 3.63) is 95.7 Å². The van der Waals surface area contributed by atoms with Crippen LogP contribution in [0.5, 0.6) is 5.75 Å². The first-order chi connectivity index (χ1) is 22.2. The Balaban J connectivity index is 1.10. The molecule has 1 aliphatic rings. The van der Waals surface area contributed by atoms with Gasteiger partial charge in [-0.25, -0.2) is 19.2 Å². The Morgan fingerprint density at radius 3 is 2.59 bits per heavy atom. The quantitative estimate of drug-likeness (QED) is 0.187. The molecule has 5 aromatic rings. The number of fused-ring (bicyclic) bond motifs is 1. The number of hydrogen-bond donors (Lipinski definition) is 1. The van der Waals surface area contributed by atoms with Gasteiger partial charge in [0, 0.05) is 34.0 Å². The Morgan fingerprint density at radius 1 is 1.13 bits per heavy atom. The Bertz CT molecular complexity index is 1970. The van der Waals surface area contributed by atoms with Crippen LogP contribution in [0.1, 0.15) is 48.2 Å². The predicted molar refractivity (Wildman–Crippen MR) is 169 cm³/mol. The van der Waals surface area contributed by atoms with Gasteiger partial charge < -0.3 is 19.2 Å². The SMILES string of the molecule is CC(C)c1cc(C#N)cc2nc(-c3ccc(C(=O)NCC4(C)CN(c5ccc(-c6ccccc6OCF)cn5)C(=O)O4)cc3)oc12. The van der Waals surface area contributed by atoms with Crippen LogP contribution in [0.15, 0.2) is 83.4 Å². The molecule has 1 aliphatic heterocycles. The topological polar surface area (TPSA) is 131 Å². The van der Waals surface area contributed by atoms with Crippen LogP contribution in [0.4, 0.5) is 15.0 Å². The molecule has 3 heterocycles. The smallest absolute Gasteiger partial charge is 0.416 e. The molecule has 6 rings (SSSR count). The molecule has 1 unspecified atom stereocenters. The molecular formula is C35H30FN5O5. The molecule has 232 valence electrons. The zero-order valence-electron chi connectivity index (χ0n) is 25.4. The average molecular weight is 620 g/mol. The third-order valence-electron chi connectivity index (χ3n) is 7.77. The number of carbonyl (C=O) groups is 2. The van der Waals surface area contributed by atoms with Crippen molar-refractivity contribution in [2.75, 3.05) is 24.9 Å². The minimum absolute atomic E-state index is 0.0756. The number of benzene rings is 3. The lowest BCUT2D eigenvalue weighted by molar-refractivity contribution is 0.0653. The van der Waals surface area contributed by atoms with Crippen molar-refractivity contribution in [2.45, 2.75) is 32.3 Å². The number of cyclic esters (lactones) is 1. The number of anilines is 1. The number of carbonyl (C=O) groups excluding carboxylic acids is 2. The van der Waals surface area contributed by atoms with Gasteiger partial charge in [-0.3, -0.25) is 9.69 Å². The number of oxazole rings is 1. The Hall–Kier alpha value is -5.76. The van der Waals surface area contributed by atoms with E-state index in [1.54, 1.807) is 73.8 Å². The summed E-state index contributed by atoms with van der Waals surface area (Å²) in [6, 6.07) is 23.0. The predicted octanol–water partition coefficient (Wildman–Crippen LogP) is 7.00. The summed E-state index contributed by atoms with van der Waals surface area (Å²) in [5, 5.41) is 12.3. The maximum Gasteiger partial charge on any atom is 0.416 e. The number of pyridine rings is 1. The number of nitrogens with zero attached hydrogens (tertiary/aromatic N) is 4. The van der Waals surface area contributed by atoms with Crippen molar-refractivity contribution in [1.82, 2.24) is 15.3 Å². The molecule has 10 nitrogen and oxygen atoms in total. The van der Waals surface area contributed by atoms with Crippen LogP contribution < -0.4 is 15.0 Å². The lowest BCUT2D eigenvalue weighted by Crippen LogP contribution is -2.43. The zero-order chi connectivity index (χ0) is 32.4. The molecule has 1 N–H and O–H groups in total. The molecular weight excluding hydrogens is 589 g/mol. The molecule has 0 bridgehead atoms. The summed E-state index contributed by atoms with van der Waals surface area (Å²) in [5.41, 5.74) is 4.14. The van der Waals surface area contributed by atoms with Gasteiger partial charge in [0.05, 0.1) is 24.7 Å². The number of aromatic nitrogens is 2. The van der Waals surface area contributed by atoms with E-state index in [1.165, 1.54) is 4.90 Å². The fourth-order valence-corrected chi connectivity index (χ4v) is 5.37. The highest BCUT2D eigenvalue weighted by molar-refractivity contribution is 5.95. The molecule has 1 fully saturated rings. The van der Waals surface area contributed by atoms with Crippen LogP contribution >= 0.6 is 0 Å². The van der Waals surface area contributed by atoms with Gasteiger partial charge in [0.25, 0.3) is 5.91 Å². The van der Waals surface area contributed by atoms with Crippen LogP contribution in [0, 0.1) is 11.3 Å². The van der Waals surface area contributed by atoms with E-state index in [-0.39, 0.29) is 24.9 Å². The Kier molecular flexibility index (Phi) is 8.11. The Morgan fingerprint density at radius 2 is 1.89 bits per heavy atom. The summed E-state index contributed by atoms with van der Waals surface area (Å²) in [5.74, 6) is 0.970. The van der Waals surface area contributed by atoms with E-state index in [9.17, 15) is 19.2 Å². The van der Waals surface area contributed by atoms with Crippen molar-refractivity contribution in [3.8, 4) is 34.4 Å². The fourth-order valence-electron chi connectivity index (χ4n) is 5.37. The number of alkyl halides is 1. The van der Waals surface area contributed by atoms with Crippen LogP contribution in [-0.4, -0.2) is 47.5 Å². The number of amides is 2. The standard InChI is InChI=1S/C35H30FN5O5/c1-21(2)27-14-22(16-37)15-28-31(27)45-33(40-28)24-10-8-23(9-11-24)32(42)39-18-35(3)19-41(34(43)46-35)30-13-12-25(17-38-30)26-6-4-5-7-29(26)44-20-36/h4-15,17,21H,18-20H2,1-3H3,(H,39,42). The maximum absolute atomic E-state index is 13.0. The van der Waals surface area contributed by atoms with Gasteiger partial charge in [-0.1, -0.05) is 32.0 Å². The van der Waals surface area contributed by atoms with Gasteiger partial charge in [-0.15, -0.1) is 0 Å². The van der Waals surface area contributed by atoms with Crippen molar-refractivity contribution in [3.63, 3.8) is 0 Å². The van der Waals surface area contributed by atoms with E-state index in [0.29, 0.717) is 56.4 Å². The second kappa shape index (κ2) is 12.3. The monoisotopic (exact) mass is 619 g/mol. The third kappa shape index (κ3) is 5.97. The maximum atomic E-state index is 13.0. The molecule has 2 amide bonds. The van der Waals surface area contributed by atoms with E-state index in [2.05, 4.69) is 21.4 Å². The van der Waals surface area contributed by atoms with Gasteiger partial charge in [-0.2, -0.15) is 5.26 Å². The molecule has 0 aliphatic carbocycles. The highest BCUT2D eigenvalue weighted by Crippen LogP contribution is 2.33. The molecule has 0 saturated carbocycles. The van der Waals surface area contributed by atoms with Gasteiger partial charge in [0.2, 0.25) is 12.8 Å². The van der Waals surface area contributed by atoms with Crippen molar-refractivity contribution in [1.29, 1.82) is 5.26 Å². The van der Waals surface area contributed by atoms with Crippen molar-refractivity contribution in [2.24, 2.45) is 0 Å². The second-order valence-corrected chi connectivity index (χ2v) is 11.5. The molecule has 46 heavy (non-hydrogen) atoms. The largest absolute Gasteiger partial charge is 0.462 e. The summed E-state index contributed by atoms with van der Waals surface area (Å²) in [6.45, 7) is 5.09. The molecule has 3 aromatic carbocycles. The summed E-state index contributed by atoms with van der Waals surface area (Å²) in [4.78, 5) is 36.2. The highest BCUT2D eigenvalue weighted by Gasteiger charge is 2.43. The van der Waals surface area contributed by atoms with Crippen LogP contribution in [-0.2, 0) is 4.74 Å². The van der Waals surface area contributed by atoms with Crippen molar-refractivity contribution >= 4 is 28.9 Å². The lowest BCUT2D eigenvalue weighted by Gasteiger charge is -2.22. The molecule has 1 atom stereocenters. The Labute approximate surface area is 264 Å². The van der Waals surface area contributed by atoms with Gasteiger partial charge in [0.15, 0.2) is 5.58 Å². The number of rotatable bonds is 9. The molecule has 0 spiro atoms. The number of para-hydroxylation sites is 1. The number of nitrogens with one attached hydrogen (secondary N) is 1. The zero-order valence-corrected chi connectivity index (χ0v) is 25.4. The summed E-state index contributed by atoms with van der Waals surface area (Å²) in [6.07, 6.45) is 1.00. The van der Waals surface area contributed by atoms with Crippen molar-refractivity contribution < 1.29 is 27.9 Å². The fraction of sp³-hybridized carbons (Fsp3) is 0.229. The summed E-state index contributed by atoms with van der Waals surface area (Å²) >= 11 is 0. The minimum atomic E-state index is -0.997. The van der Waals surface area contributed by atoms with Gasteiger partial charge in [0.1, 0.15) is 22.7 Å². The number of nitriles is 1. The molecule has 0 radical (unpaired) electrons. The summed E-state index contributed by atoms with van der Waals surface area (Å²) < 4.78 is 29.6. The van der Waals surface area contributed by atoms with Crippen LogP contribution in [0.3, 0.4) is 0 Å². The first kappa shape index (κ1) is 30.3.